The van der Waals surface area contributed by atoms with Crippen LogP contribution in [0.3, 0.4) is 0 Å². The number of rotatable bonds is 6. The number of hydrogen-bond donors (Lipinski definition) is 3. The van der Waals surface area contributed by atoms with Crippen LogP contribution in [0.15, 0.2) is 0 Å². The van der Waals surface area contributed by atoms with Crippen LogP contribution in [0.1, 0.15) is 20.3 Å². The predicted molar refractivity (Wildman–Crippen MR) is 63.0 cm³/mol. The number of nitrogens with zero attached hydrogens (tertiary/aromatic N) is 1. The maximum Gasteiger partial charge on any atom is 0.321 e. The Bertz CT molecular complexity index is 231. The van der Waals surface area contributed by atoms with Gasteiger partial charge in [-0.2, -0.15) is 0 Å². The Hall–Kier alpha value is -1.14. The van der Waals surface area contributed by atoms with Crippen LogP contribution in [0.25, 0.3) is 0 Å². The summed E-state index contributed by atoms with van der Waals surface area (Å²) in [5, 5.41) is 4.84. The summed E-state index contributed by atoms with van der Waals surface area (Å²) < 4.78 is 0. The standard InChI is InChI=1S/C10H22N4O2/c1-8(2)12-10(16)13-9(15)7-14(3)6-4-5-11/h8H,4-7,11H2,1-3H3,(H2,12,13,15,16). The van der Waals surface area contributed by atoms with Gasteiger partial charge in [0.25, 0.3) is 0 Å². The molecule has 6 heteroatoms. The molecule has 0 unspecified atom stereocenters. The van der Waals surface area contributed by atoms with Crippen molar-refractivity contribution in [3.63, 3.8) is 0 Å². The van der Waals surface area contributed by atoms with Crippen LogP contribution < -0.4 is 16.4 Å². The summed E-state index contributed by atoms with van der Waals surface area (Å²) in [5.41, 5.74) is 5.35. The summed E-state index contributed by atoms with van der Waals surface area (Å²) in [7, 11) is 1.82. The highest BCUT2D eigenvalue weighted by molar-refractivity contribution is 5.95. The average molecular weight is 230 g/mol. The van der Waals surface area contributed by atoms with Crippen LogP contribution in [0, 0.1) is 0 Å². The van der Waals surface area contributed by atoms with Gasteiger partial charge in [0.15, 0.2) is 0 Å². The Morgan fingerprint density at radius 2 is 2.00 bits per heavy atom. The number of nitrogens with two attached hydrogens (primary N) is 1. The molecule has 16 heavy (non-hydrogen) atoms. The number of carbonyl (C=O) groups excluding carboxylic acids is 2. The van der Waals surface area contributed by atoms with Crippen LogP contribution in [0.5, 0.6) is 0 Å². The zero-order chi connectivity index (χ0) is 12.6. The monoisotopic (exact) mass is 230 g/mol. The van der Waals surface area contributed by atoms with Crippen molar-refractivity contribution in [3.8, 4) is 0 Å². The van der Waals surface area contributed by atoms with Gasteiger partial charge in [-0.05, 0) is 40.4 Å². The molecule has 0 aliphatic rings. The molecule has 3 amide bonds. The highest BCUT2D eigenvalue weighted by Crippen LogP contribution is 1.85. The Morgan fingerprint density at radius 3 is 2.50 bits per heavy atom. The van der Waals surface area contributed by atoms with E-state index in [9.17, 15) is 9.59 Å². The van der Waals surface area contributed by atoms with Gasteiger partial charge in [-0.15, -0.1) is 0 Å². The lowest BCUT2D eigenvalue weighted by Crippen LogP contribution is -2.45. The predicted octanol–water partition coefficient (Wildman–Crippen LogP) is -0.499. The summed E-state index contributed by atoms with van der Waals surface area (Å²) >= 11 is 0. The third kappa shape index (κ3) is 8.19. The molecule has 94 valence electrons. The first-order chi connectivity index (χ1) is 7.45. The zero-order valence-corrected chi connectivity index (χ0v) is 10.2. The molecule has 0 saturated carbocycles. The van der Waals surface area contributed by atoms with E-state index in [1.165, 1.54) is 0 Å². The molecule has 0 saturated heterocycles. The fourth-order valence-corrected chi connectivity index (χ4v) is 1.15. The summed E-state index contributed by atoms with van der Waals surface area (Å²) in [6.07, 6.45) is 0.835. The van der Waals surface area contributed by atoms with Crippen molar-refractivity contribution in [2.75, 3.05) is 26.7 Å². The van der Waals surface area contributed by atoms with E-state index in [0.29, 0.717) is 6.54 Å². The zero-order valence-electron chi connectivity index (χ0n) is 10.2. The second kappa shape index (κ2) is 8.06. The second-order valence-electron chi connectivity index (χ2n) is 4.06. The Morgan fingerprint density at radius 1 is 1.38 bits per heavy atom. The number of hydrogen-bond acceptors (Lipinski definition) is 4. The average Bonchev–Trinajstić information content (AvgIpc) is 2.12. The smallest absolute Gasteiger partial charge is 0.321 e. The Balaban J connectivity index is 3.76. The van der Waals surface area contributed by atoms with Crippen LogP contribution in [0.4, 0.5) is 4.79 Å². The lowest BCUT2D eigenvalue weighted by Gasteiger charge is -2.15. The first-order valence-electron chi connectivity index (χ1n) is 5.44. The van der Waals surface area contributed by atoms with Crippen LogP contribution in [-0.2, 0) is 4.79 Å². The SMILES string of the molecule is CC(C)NC(=O)NC(=O)CN(C)CCCN. The molecule has 0 fully saturated rings. The molecule has 0 bridgehead atoms. The van der Waals surface area contributed by atoms with Gasteiger partial charge >= 0.3 is 6.03 Å². The van der Waals surface area contributed by atoms with Crippen molar-refractivity contribution in [1.29, 1.82) is 0 Å². The van der Waals surface area contributed by atoms with Crippen molar-refractivity contribution in [1.82, 2.24) is 15.5 Å². The highest BCUT2D eigenvalue weighted by Gasteiger charge is 2.10. The lowest BCUT2D eigenvalue weighted by atomic mass is 10.4. The van der Waals surface area contributed by atoms with Crippen LogP contribution in [0.2, 0.25) is 0 Å². The molecule has 0 atom stereocenters. The van der Waals surface area contributed by atoms with Crippen molar-refractivity contribution in [2.45, 2.75) is 26.3 Å². The van der Waals surface area contributed by atoms with E-state index < -0.39 is 6.03 Å². The molecule has 0 heterocycles. The molecule has 0 aromatic heterocycles. The Labute approximate surface area is 96.5 Å². The van der Waals surface area contributed by atoms with E-state index in [-0.39, 0.29) is 18.5 Å². The van der Waals surface area contributed by atoms with Crippen molar-refractivity contribution in [2.24, 2.45) is 5.73 Å². The molecule has 0 radical (unpaired) electrons. The van der Waals surface area contributed by atoms with Crippen molar-refractivity contribution >= 4 is 11.9 Å². The summed E-state index contributed by atoms with van der Waals surface area (Å²) in [6.45, 7) is 5.20. The molecule has 4 N–H and O–H groups in total. The lowest BCUT2D eigenvalue weighted by molar-refractivity contribution is -0.120. The molecule has 0 spiro atoms. The topological polar surface area (TPSA) is 87.5 Å². The minimum atomic E-state index is -0.452. The van der Waals surface area contributed by atoms with E-state index in [1.54, 1.807) is 0 Å². The molecule has 0 aliphatic heterocycles. The van der Waals surface area contributed by atoms with E-state index >= 15 is 0 Å². The van der Waals surface area contributed by atoms with Gasteiger partial charge in [0.1, 0.15) is 0 Å². The van der Waals surface area contributed by atoms with Gasteiger partial charge in [0, 0.05) is 6.04 Å². The summed E-state index contributed by atoms with van der Waals surface area (Å²) in [5.74, 6) is -0.308. The van der Waals surface area contributed by atoms with E-state index in [1.807, 2.05) is 25.8 Å². The van der Waals surface area contributed by atoms with Crippen molar-refractivity contribution < 1.29 is 9.59 Å². The van der Waals surface area contributed by atoms with Crippen LogP contribution >= 0.6 is 0 Å². The Kier molecular flexibility index (Phi) is 7.49. The summed E-state index contributed by atoms with van der Waals surface area (Å²) in [4.78, 5) is 24.4. The van der Waals surface area contributed by atoms with Gasteiger partial charge in [-0.3, -0.25) is 15.0 Å². The van der Waals surface area contributed by atoms with E-state index in [2.05, 4.69) is 10.6 Å². The molecule has 0 aromatic rings. The van der Waals surface area contributed by atoms with Gasteiger partial charge in [-0.25, -0.2) is 4.79 Å². The quantitative estimate of drug-likeness (QED) is 0.574. The minimum Gasteiger partial charge on any atom is -0.336 e. The molecule has 0 aromatic carbocycles. The van der Waals surface area contributed by atoms with E-state index in [0.717, 1.165) is 13.0 Å². The van der Waals surface area contributed by atoms with Gasteiger partial charge in [0.05, 0.1) is 6.54 Å². The van der Waals surface area contributed by atoms with E-state index in [4.69, 9.17) is 5.73 Å². The third-order valence-corrected chi connectivity index (χ3v) is 1.83. The van der Waals surface area contributed by atoms with Gasteiger partial charge in [0.2, 0.25) is 5.91 Å². The number of nitrogens with one attached hydrogen (secondary N) is 2. The van der Waals surface area contributed by atoms with Gasteiger partial charge in [-0.1, -0.05) is 0 Å². The maximum absolute atomic E-state index is 11.4. The number of urea groups is 1. The number of likely N-dealkylation sites (N-methyl/N-ethyl adjacent to an activating group) is 1. The molecular weight excluding hydrogens is 208 g/mol. The highest BCUT2D eigenvalue weighted by atomic mass is 16.2. The van der Waals surface area contributed by atoms with Crippen molar-refractivity contribution in [3.05, 3.63) is 0 Å². The number of imide groups is 1. The fourth-order valence-electron chi connectivity index (χ4n) is 1.15. The fraction of sp³-hybridized carbons (Fsp3) is 0.800. The third-order valence-electron chi connectivity index (χ3n) is 1.83. The number of carbonyl (C=O) groups is 2. The molecule has 6 nitrogen and oxygen atoms in total. The number of amides is 3. The largest absolute Gasteiger partial charge is 0.336 e. The first-order valence-corrected chi connectivity index (χ1v) is 5.44. The first kappa shape index (κ1) is 14.9. The maximum atomic E-state index is 11.4. The summed E-state index contributed by atoms with van der Waals surface area (Å²) in [6, 6.07) is -0.435. The molecule has 0 aliphatic carbocycles. The normalized spacial score (nSPS) is 10.6. The molecule has 0 rings (SSSR count). The molecular formula is C10H22N4O2. The second-order valence-corrected chi connectivity index (χ2v) is 4.06. The minimum absolute atomic E-state index is 0.0165. The van der Waals surface area contributed by atoms with Crippen LogP contribution in [-0.4, -0.2) is 49.6 Å². The van der Waals surface area contributed by atoms with Gasteiger partial charge < -0.3 is 11.1 Å².